The van der Waals surface area contributed by atoms with Crippen LogP contribution in [0.4, 0.5) is 4.79 Å². The van der Waals surface area contributed by atoms with Crippen LogP contribution in [0.5, 0.6) is 0 Å². The lowest BCUT2D eigenvalue weighted by atomic mass is 9.80. The average molecular weight is 312 g/mol. The van der Waals surface area contributed by atoms with Gasteiger partial charge < -0.3 is 20.5 Å². The summed E-state index contributed by atoms with van der Waals surface area (Å²) in [5.41, 5.74) is 1.31. The molecule has 7 heteroatoms. The summed E-state index contributed by atoms with van der Waals surface area (Å²) in [5.74, 6) is -0.875. The van der Waals surface area contributed by atoms with Gasteiger partial charge in [0, 0.05) is 26.3 Å². The highest BCUT2D eigenvalue weighted by Gasteiger charge is 2.40. The van der Waals surface area contributed by atoms with Crippen molar-refractivity contribution in [3.8, 4) is 0 Å². The molecule has 2 heterocycles. The fraction of sp³-hybridized carbons (Fsp3) is 0.571. The molecule has 21 heavy (non-hydrogen) atoms. The highest BCUT2D eigenvalue weighted by atomic mass is 32.1. The van der Waals surface area contributed by atoms with E-state index in [-0.39, 0.29) is 12.6 Å². The number of carbonyl (C=O) groups is 2. The van der Waals surface area contributed by atoms with E-state index in [4.69, 9.17) is 4.74 Å². The van der Waals surface area contributed by atoms with Gasteiger partial charge in [-0.05, 0) is 41.7 Å². The Hall–Kier alpha value is -1.60. The number of aryl methyl sites for hydroxylation is 1. The Morgan fingerprint density at radius 1 is 1.33 bits per heavy atom. The molecule has 1 fully saturated rings. The Kier molecular flexibility index (Phi) is 5.19. The number of rotatable bonds is 5. The lowest BCUT2D eigenvalue weighted by molar-refractivity contribution is -0.154. The van der Waals surface area contributed by atoms with E-state index in [0.717, 1.165) is 11.1 Å². The minimum Gasteiger partial charge on any atom is -0.481 e. The van der Waals surface area contributed by atoms with Crippen molar-refractivity contribution in [3.05, 3.63) is 21.9 Å². The highest BCUT2D eigenvalue weighted by Crippen LogP contribution is 2.30. The molecule has 0 aliphatic carbocycles. The van der Waals surface area contributed by atoms with Gasteiger partial charge in [0.25, 0.3) is 0 Å². The van der Waals surface area contributed by atoms with Gasteiger partial charge in [0.1, 0.15) is 0 Å². The monoisotopic (exact) mass is 312 g/mol. The molecule has 6 nitrogen and oxygen atoms in total. The Labute approximate surface area is 127 Å². The molecule has 0 atom stereocenters. The van der Waals surface area contributed by atoms with E-state index in [9.17, 15) is 14.7 Å². The van der Waals surface area contributed by atoms with Crippen molar-refractivity contribution in [1.82, 2.24) is 10.6 Å². The number of carboxylic acid groups (broad SMARTS) is 1. The van der Waals surface area contributed by atoms with Crippen molar-refractivity contribution in [2.45, 2.75) is 26.3 Å². The summed E-state index contributed by atoms with van der Waals surface area (Å²) < 4.78 is 5.20. The molecule has 3 N–H and O–H groups in total. The van der Waals surface area contributed by atoms with E-state index < -0.39 is 11.4 Å². The van der Waals surface area contributed by atoms with Gasteiger partial charge >= 0.3 is 12.0 Å². The van der Waals surface area contributed by atoms with Crippen LogP contribution in [0.2, 0.25) is 0 Å². The highest BCUT2D eigenvalue weighted by molar-refractivity contribution is 7.08. The zero-order valence-electron chi connectivity index (χ0n) is 12.0. The van der Waals surface area contributed by atoms with Crippen LogP contribution in [0.3, 0.4) is 0 Å². The maximum Gasteiger partial charge on any atom is 0.315 e. The Bertz CT molecular complexity index is 509. The number of amides is 2. The summed E-state index contributed by atoms with van der Waals surface area (Å²) in [5, 5.41) is 18.8. The molecule has 0 radical (unpaired) electrons. The number of hydrogen-bond acceptors (Lipinski definition) is 4. The van der Waals surface area contributed by atoms with Crippen LogP contribution >= 0.6 is 11.3 Å². The number of aliphatic carboxylic acids is 1. The number of hydrogen-bond donors (Lipinski definition) is 3. The number of thiophene rings is 1. The summed E-state index contributed by atoms with van der Waals surface area (Å²) >= 11 is 1.59. The molecule has 2 rings (SSSR count). The van der Waals surface area contributed by atoms with Crippen molar-refractivity contribution in [1.29, 1.82) is 0 Å². The molecule has 2 amide bonds. The average Bonchev–Trinajstić information content (AvgIpc) is 2.89. The molecule has 116 valence electrons. The van der Waals surface area contributed by atoms with E-state index in [1.807, 2.05) is 17.7 Å². The number of nitrogens with one attached hydrogen (secondary N) is 2. The van der Waals surface area contributed by atoms with E-state index >= 15 is 0 Å². The number of ether oxygens (including phenoxy) is 1. The first-order valence-corrected chi connectivity index (χ1v) is 7.82. The maximum atomic E-state index is 11.8. The second-order valence-corrected chi connectivity index (χ2v) is 6.06. The summed E-state index contributed by atoms with van der Waals surface area (Å²) in [6.07, 6.45) is 0.846. The molecule has 0 saturated carbocycles. The first kappa shape index (κ1) is 15.8. The molecule has 0 spiro atoms. The third kappa shape index (κ3) is 3.95. The minimum absolute atomic E-state index is 0.125. The molecular formula is C14H20N2O4S. The summed E-state index contributed by atoms with van der Waals surface area (Å²) in [7, 11) is 0. The quantitative estimate of drug-likeness (QED) is 0.773. The van der Waals surface area contributed by atoms with E-state index in [1.165, 1.54) is 0 Å². The fourth-order valence-electron chi connectivity index (χ4n) is 2.28. The Balaban J connectivity index is 1.82. The van der Waals surface area contributed by atoms with Gasteiger partial charge in [-0.1, -0.05) is 0 Å². The number of carbonyl (C=O) groups excluding carboxylic acids is 1. The first-order chi connectivity index (χ1) is 10.0. The van der Waals surface area contributed by atoms with Gasteiger partial charge in [0.15, 0.2) is 0 Å². The van der Waals surface area contributed by atoms with Crippen LogP contribution in [0.15, 0.2) is 10.8 Å². The molecule has 1 aromatic heterocycles. The zero-order valence-corrected chi connectivity index (χ0v) is 12.8. The van der Waals surface area contributed by atoms with Crippen LogP contribution in [-0.2, 0) is 16.1 Å². The van der Waals surface area contributed by atoms with Crippen LogP contribution < -0.4 is 10.6 Å². The SMILES string of the molecule is Cc1cscc1CNC(=O)NCC1(C(=O)O)CCOCC1. The summed E-state index contributed by atoms with van der Waals surface area (Å²) in [6.45, 7) is 3.41. The van der Waals surface area contributed by atoms with Crippen LogP contribution in [-0.4, -0.2) is 36.9 Å². The molecule has 1 saturated heterocycles. The smallest absolute Gasteiger partial charge is 0.315 e. The second kappa shape index (κ2) is 6.91. The summed E-state index contributed by atoms with van der Waals surface area (Å²) in [6, 6.07) is -0.340. The van der Waals surface area contributed by atoms with Gasteiger partial charge in [0.2, 0.25) is 0 Å². The molecule has 1 aliphatic heterocycles. The van der Waals surface area contributed by atoms with Crippen molar-refractivity contribution >= 4 is 23.3 Å². The maximum absolute atomic E-state index is 11.8. The molecule has 0 unspecified atom stereocenters. The van der Waals surface area contributed by atoms with Crippen molar-refractivity contribution in [2.24, 2.45) is 5.41 Å². The van der Waals surface area contributed by atoms with Crippen LogP contribution in [0, 0.1) is 12.3 Å². The van der Waals surface area contributed by atoms with E-state index in [0.29, 0.717) is 32.6 Å². The molecule has 0 aromatic carbocycles. The lowest BCUT2D eigenvalue weighted by Crippen LogP contribution is -2.48. The van der Waals surface area contributed by atoms with Gasteiger partial charge in [-0.25, -0.2) is 4.79 Å². The van der Waals surface area contributed by atoms with Crippen LogP contribution in [0.25, 0.3) is 0 Å². The third-order valence-electron chi connectivity index (χ3n) is 3.89. The van der Waals surface area contributed by atoms with Crippen molar-refractivity contribution in [3.63, 3.8) is 0 Å². The van der Waals surface area contributed by atoms with Gasteiger partial charge in [-0.15, -0.1) is 0 Å². The largest absolute Gasteiger partial charge is 0.481 e. The Morgan fingerprint density at radius 2 is 2.05 bits per heavy atom. The van der Waals surface area contributed by atoms with Crippen LogP contribution in [0.1, 0.15) is 24.0 Å². The topological polar surface area (TPSA) is 87.7 Å². The predicted molar refractivity (Wildman–Crippen MR) is 79.4 cm³/mol. The number of carboxylic acids is 1. The molecule has 1 aromatic rings. The lowest BCUT2D eigenvalue weighted by Gasteiger charge is -2.33. The number of urea groups is 1. The van der Waals surface area contributed by atoms with Crippen molar-refractivity contribution < 1.29 is 19.4 Å². The normalized spacial score (nSPS) is 17.2. The second-order valence-electron chi connectivity index (χ2n) is 5.31. The van der Waals surface area contributed by atoms with Crippen molar-refractivity contribution in [2.75, 3.05) is 19.8 Å². The predicted octanol–water partition coefficient (Wildman–Crippen LogP) is 1.74. The fourth-order valence-corrected chi connectivity index (χ4v) is 3.14. The van der Waals surface area contributed by atoms with Gasteiger partial charge in [0.05, 0.1) is 5.41 Å². The van der Waals surface area contributed by atoms with Gasteiger partial charge in [-0.3, -0.25) is 4.79 Å². The van der Waals surface area contributed by atoms with E-state index in [1.54, 1.807) is 11.3 Å². The zero-order chi connectivity index (χ0) is 15.3. The minimum atomic E-state index is -0.909. The standard InChI is InChI=1S/C14H20N2O4S/c1-10-7-21-8-11(10)6-15-13(19)16-9-14(12(17)18)2-4-20-5-3-14/h7-8H,2-6,9H2,1H3,(H,17,18)(H2,15,16,19). The van der Waals surface area contributed by atoms with Gasteiger partial charge in [-0.2, -0.15) is 11.3 Å². The Morgan fingerprint density at radius 3 is 2.62 bits per heavy atom. The molecular weight excluding hydrogens is 292 g/mol. The molecule has 1 aliphatic rings. The van der Waals surface area contributed by atoms with E-state index in [2.05, 4.69) is 10.6 Å². The first-order valence-electron chi connectivity index (χ1n) is 6.88. The third-order valence-corrected chi connectivity index (χ3v) is 4.80. The summed E-state index contributed by atoms with van der Waals surface area (Å²) in [4.78, 5) is 23.3. The molecule has 0 bridgehead atoms.